The van der Waals surface area contributed by atoms with Crippen molar-refractivity contribution in [2.24, 2.45) is 5.73 Å². The molecule has 0 saturated carbocycles. The largest absolute Gasteiger partial charge is 0.390 e. The zero-order valence-corrected chi connectivity index (χ0v) is 10.7. The first-order valence-electron chi connectivity index (χ1n) is 5.94. The first-order valence-corrected chi connectivity index (χ1v) is 5.94. The molecule has 2 N–H and O–H groups in total. The summed E-state index contributed by atoms with van der Waals surface area (Å²) in [6.45, 7) is 0.116. The number of rotatable bonds is 5. The van der Waals surface area contributed by atoms with Gasteiger partial charge in [-0.05, 0) is 30.7 Å². The van der Waals surface area contributed by atoms with Crippen molar-refractivity contribution >= 4 is 5.91 Å². The van der Waals surface area contributed by atoms with Crippen molar-refractivity contribution in [3.63, 3.8) is 0 Å². The number of alkyl halides is 3. The highest BCUT2D eigenvalue weighted by Gasteiger charge is 2.28. The topological polar surface area (TPSA) is 46.3 Å². The molecule has 1 amide bonds. The molecule has 0 saturated heterocycles. The second kappa shape index (κ2) is 6.56. The monoisotopic (exact) mass is 274 g/mol. The van der Waals surface area contributed by atoms with Crippen LogP contribution >= 0.6 is 0 Å². The fourth-order valence-corrected chi connectivity index (χ4v) is 1.64. The molecule has 19 heavy (non-hydrogen) atoms. The molecule has 3 nitrogen and oxygen atoms in total. The molecule has 0 atom stereocenters. The standard InChI is InChI=1S/C13H17F3N2O/c1-18(8-6-13(14,15)16)12(19)11-4-2-3-10(9-11)5-7-17/h2-4,9H,5-8,17H2,1H3. The van der Waals surface area contributed by atoms with Gasteiger partial charge in [-0.2, -0.15) is 13.2 Å². The lowest BCUT2D eigenvalue weighted by atomic mass is 10.1. The number of carbonyl (C=O) groups is 1. The van der Waals surface area contributed by atoms with E-state index in [1.807, 2.05) is 6.07 Å². The third kappa shape index (κ3) is 5.30. The fraction of sp³-hybridized carbons (Fsp3) is 0.462. The Morgan fingerprint density at radius 3 is 2.63 bits per heavy atom. The van der Waals surface area contributed by atoms with Gasteiger partial charge in [0.05, 0.1) is 6.42 Å². The van der Waals surface area contributed by atoms with E-state index in [9.17, 15) is 18.0 Å². The molecule has 0 aromatic heterocycles. The molecule has 0 unspecified atom stereocenters. The molecule has 0 aliphatic rings. The molecule has 0 aliphatic heterocycles. The van der Waals surface area contributed by atoms with Crippen LogP contribution in [0.4, 0.5) is 13.2 Å². The van der Waals surface area contributed by atoms with E-state index in [1.165, 1.54) is 7.05 Å². The zero-order valence-electron chi connectivity index (χ0n) is 10.7. The van der Waals surface area contributed by atoms with E-state index in [-0.39, 0.29) is 6.54 Å². The number of amides is 1. The molecule has 0 spiro atoms. The van der Waals surface area contributed by atoms with E-state index in [1.54, 1.807) is 18.2 Å². The van der Waals surface area contributed by atoms with Crippen LogP contribution in [0.15, 0.2) is 24.3 Å². The van der Waals surface area contributed by atoms with Gasteiger partial charge in [0, 0.05) is 19.2 Å². The minimum atomic E-state index is -4.25. The van der Waals surface area contributed by atoms with Crippen molar-refractivity contribution in [2.75, 3.05) is 20.1 Å². The van der Waals surface area contributed by atoms with Crippen LogP contribution in [-0.2, 0) is 6.42 Å². The quantitative estimate of drug-likeness (QED) is 0.894. The highest BCUT2D eigenvalue weighted by molar-refractivity contribution is 5.94. The zero-order chi connectivity index (χ0) is 14.5. The maximum atomic E-state index is 12.1. The molecule has 6 heteroatoms. The van der Waals surface area contributed by atoms with Crippen LogP contribution in [0.3, 0.4) is 0 Å². The highest BCUT2D eigenvalue weighted by Crippen LogP contribution is 2.20. The average Bonchev–Trinajstić information content (AvgIpc) is 2.35. The minimum absolute atomic E-state index is 0.344. The van der Waals surface area contributed by atoms with Gasteiger partial charge in [0.2, 0.25) is 0 Å². The summed E-state index contributed by atoms with van der Waals surface area (Å²) in [6.07, 6.45) is -4.62. The second-order valence-corrected chi connectivity index (χ2v) is 4.33. The Hall–Kier alpha value is -1.56. The highest BCUT2D eigenvalue weighted by atomic mass is 19.4. The predicted octanol–water partition coefficient (Wildman–Crippen LogP) is 2.21. The number of halogens is 3. The summed E-state index contributed by atoms with van der Waals surface area (Å²) >= 11 is 0. The average molecular weight is 274 g/mol. The molecule has 1 rings (SSSR count). The summed E-state index contributed by atoms with van der Waals surface area (Å²) in [5.41, 5.74) is 6.71. The lowest BCUT2D eigenvalue weighted by Gasteiger charge is -2.18. The van der Waals surface area contributed by atoms with Gasteiger partial charge in [0.25, 0.3) is 5.91 Å². The molecule has 0 heterocycles. The summed E-state index contributed by atoms with van der Waals surface area (Å²) in [6, 6.07) is 6.79. The smallest absolute Gasteiger partial charge is 0.341 e. The Morgan fingerprint density at radius 1 is 1.37 bits per heavy atom. The number of nitrogens with two attached hydrogens (primary N) is 1. The minimum Gasteiger partial charge on any atom is -0.341 e. The van der Waals surface area contributed by atoms with E-state index < -0.39 is 18.5 Å². The van der Waals surface area contributed by atoms with Crippen molar-refractivity contribution in [1.29, 1.82) is 0 Å². The van der Waals surface area contributed by atoms with Gasteiger partial charge in [-0.3, -0.25) is 4.79 Å². The number of nitrogens with zero attached hydrogens (tertiary/aromatic N) is 1. The molecule has 0 aliphatic carbocycles. The van der Waals surface area contributed by atoms with Gasteiger partial charge in [-0.1, -0.05) is 12.1 Å². The molecule has 1 aromatic rings. The van der Waals surface area contributed by atoms with Crippen LogP contribution in [0, 0.1) is 0 Å². The van der Waals surface area contributed by atoms with E-state index >= 15 is 0 Å². The Morgan fingerprint density at radius 2 is 2.05 bits per heavy atom. The van der Waals surface area contributed by atoms with Crippen molar-refractivity contribution in [3.8, 4) is 0 Å². The fourth-order valence-electron chi connectivity index (χ4n) is 1.64. The molecule has 1 aromatic carbocycles. The lowest BCUT2D eigenvalue weighted by molar-refractivity contribution is -0.136. The maximum absolute atomic E-state index is 12.1. The first-order chi connectivity index (χ1) is 8.83. The normalized spacial score (nSPS) is 11.4. The molecule has 0 fully saturated rings. The Balaban J connectivity index is 2.68. The van der Waals surface area contributed by atoms with E-state index in [2.05, 4.69) is 0 Å². The maximum Gasteiger partial charge on any atom is 0.390 e. The molecular formula is C13H17F3N2O. The van der Waals surface area contributed by atoms with Crippen LogP contribution in [0.5, 0.6) is 0 Å². The van der Waals surface area contributed by atoms with E-state index in [0.29, 0.717) is 18.5 Å². The second-order valence-electron chi connectivity index (χ2n) is 4.33. The Labute approximate surface area is 110 Å². The Bertz CT molecular complexity index is 432. The van der Waals surface area contributed by atoms with Gasteiger partial charge < -0.3 is 10.6 Å². The van der Waals surface area contributed by atoms with Crippen molar-refractivity contribution in [3.05, 3.63) is 35.4 Å². The van der Waals surface area contributed by atoms with Gasteiger partial charge in [0.15, 0.2) is 0 Å². The third-order valence-corrected chi connectivity index (χ3v) is 2.68. The van der Waals surface area contributed by atoms with Crippen LogP contribution in [0.1, 0.15) is 22.3 Å². The van der Waals surface area contributed by atoms with Crippen LogP contribution in [0.25, 0.3) is 0 Å². The van der Waals surface area contributed by atoms with Gasteiger partial charge in [-0.15, -0.1) is 0 Å². The molecule has 106 valence electrons. The predicted molar refractivity (Wildman–Crippen MR) is 66.8 cm³/mol. The summed E-state index contributed by atoms with van der Waals surface area (Å²) in [7, 11) is 1.36. The molecular weight excluding hydrogens is 257 g/mol. The first kappa shape index (κ1) is 15.5. The lowest BCUT2D eigenvalue weighted by Crippen LogP contribution is -2.30. The number of carbonyl (C=O) groups excluding carboxylic acids is 1. The van der Waals surface area contributed by atoms with Crippen LogP contribution < -0.4 is 5.73 Å². The Kier molecular flexibility index (Phi) is 5.35. The van der Waals surface area contributed by atoms with Gasteiger partial charge in [-0.25, -0.2) is 0 Å². The van der Waals surface area contributed by atoms with E-state index in [0.717, 1.165) is 10.5 Å². The van der Waals surface area contributed by atoms with Crippen molar-refractivity contribution in [1.82, 2.24) is 4.90 Å². The van der Waals surface area contributed by atoms with Crippen molar-refractivity contribution in [2.45, 2.75) is 19.0 Å². The molecule has 0 radical (unpaired) electrons. The van der Waals surface area contributed by atoms with Crippen LogP contribution in [0.2, 0.25) is 0 Å². The third-order valence-electron chi connectivity index (χ3n) is 2.68. The summed E-state index contributed by atoms with van der Waals surface area (Å²) < 4.78 is 36.3. The van der Waals surface area contributed by atoms with E-state index in [4.69, 9.17) is 5.73 Å². The number of hydrogen-bond donors (Lipinski definition) is 1. The van der Waals surface area contributed by atoms with Gasteiger partial charge in [0.1, 0.15) is 0 Å². The summed E-state index contributed by atoms with van der Waals surface area (Å²) in [4.78, 5) is 13.0. The van der Waals surface area contributed by atoms with Crippen molar-refractivity contribution < 1.29 is 18.0 Å². The van der Waals surface area contributed by atoms with Crippen LogP contribution in [-0.4, -0.2) is 37.1 Å². The molecule has 0 bridgehead atoms. The summed E-state index contributed by atoms with van der Waals surface area (Å²) in [5, 5.41) is 0. The number of hydrogen-bond acceptors (Lipinski definition) is 2. The SMILES string of the molecule is CN(CCC(F)(F)F)C(=O)c1cccc(CCN)c1. The summed E-state index contributed by atoms with van der Waals surface area (Å²) in [5.74, 6) is -0.414. The number of benzene rings is 1. The van der Waals surface area contributed by atoms with Gasteiger partial charge >= 0.3 is 6.18 Å².